The Labute approximate surface area is 102 Å². The lowest BCUT2D eigenvalue weighted by molar-refractivity contribution is -0.384. The summed E-state index contributed by atoms with van der Waals surface area (Å²) in [6.07, 6.45) is 0. The average molecular weight is 252 g/mol. The molecule has 0 fully saturated rings. The van der Waals surface area contributed by atoms with E-state index in [9.17, 15) is 10.1 Å². The third-order valence-corrected chi connectivity index (χ3v) is 2.38. The van der Waals surface area contributed by atoms with Crippen molar-refractivity contribution in [3.63, 3.8) is 0 Å². The van der Waals surface area contributed by atoms with Crippen LogP contribution in [0, 0.1) is 17.0 Å². The summed E-state index contributed by atoms with van der Waals surface area (Å²) >= 11 is 0. The zero-order valence-corrected chi connectivity index (χ0v) is 9.91. The van der Waals surface area contributed by atoms with Crippen LogP contribution in [0.1, 0.15) is 18.4 Å². The molecule has 2 aromatic rings. The molecular formula is C8H12N8O2. The quantitative estimate of drug-likeness (QED) is 0.576. The van der Waals surface area contributed by atoms with Gasteiger partial charge in [0.1, 0.15) is 5.69 Å². The Bertz CT molecular complexity index is 546. The van der Waals surface area contributed by atoms with Gasteiger partial charge in [0.25, 0.3) is 0 Å². The molecule has 2 rings (SSSR count). The Kier molecular flexibility index (Phi) is 3.17. The van der Waals surface area contributed by atoms with Crippen LogP contribution >= 0.6 is 0 Å². The molecule has 2 N–H and O–H groups in total. The number of H-pyrrole nitrogens is 1. The van der Waals surface area contributed by atoms with Gasteiger partial charge in [0.2, 0.25) is 5.82 Å². The molecule has 10 nitrogen and oxygen atoms in total. The molecule has 0 aliphatic rings. The van der Waals surface area contributed by atoms with Crippen molar-refractivity contribution in [1.82, 2.24) is 30.4 Å². The summed E-state index contributed by atoms with van der Waals surface area (Å²) in [5, 5.41) is 31.2. The minimum Gasteiger partial charge on any atom is -0.357 e. The predicted molar refractivity (Wildman–Crippen MR) is 60.8 cm³/mol. The first-order valence-electron chi connectivity index (χ1n) is 5.31. The van der Waals surface area contributed by atoms with E-state index in [0.717, 1.165) is 0 Å². The Morgan fingerprint density at radius 3 is 2.89 bits per heavy atom. The number of hydrogen-bond acceptors (Lipinski definition) is 7. The van der Waals surface area contributed by atoms with Gasteiger partial charge in [-0.1, -0.05) is 5.21 Å². The van der Waals surface area contributed by atoms with Crippen LogP contribution in [0.4, 0.5) is 11.5 Å². The maximum atomic E-state index is 11.0. The van der Waals surface area contributed by atoms with E-state index < -0.39 is 4.92 Å². The smallest absolute Gasteiger partial charge is 0.333 e. The molecule has 0 aliphatic carbocycles. The summed E-state index contributed by atoms with van der Waals surface area (Å²) < 4.78 is 1.54. The second kappa shape index (κ2) is 4.77. The maximum Gasteiger partial charge on any atom is 0.333 e. The molecule has 18 heavy (non-hydrogen) atoms. The largest absolute Gasteiger partial charge is 0.357 e. The Morgan fingerprint density at radius 2 is 2.33 bits per heavy atom. The number of anilines is 1. The fourth-order valence-corrected chi connectivity index (χ4v) is 1.61. The molecule has 0 radical (unpaired) electrons. The van der Waals surface area contributed by atoms with Gasteiger partial charge in [0.05, 0.1) is 11.5 Å². The highest BCUT2D eigenvalue weighted by molar-refractivity contribution is 5.59. The summed E-state index contributed by atoms with van der Waals surface area (Å²) in [5.41, 5.74) is 0.345. The first kappa shape index (κ1) is 12.0. The molecular weight excluding hydrogens is 240 g/mol. The zero-order chi connectivity index (χ0) is 13.1. The number of nitrogens with zero attached hydrogens (tertiary/aromatic N) is 6. The van der Waals surface area contributed by atoms with Gasteiger partial charge < -0.3 is 5.32 Å². The van der Waals surface area contributed by atoms with Crippen LogP contribution in [0.3, 0.4) is 0 Å². The molecule has 2 aromatic heterocycles. The molecule has 0 saturated carbocycles. The van der Waals surface area contributed by atoms with E-state index in [4.69, 9.17) is 0 Å². The number of aryl methyl sites for hydroxylation is 2. The van der Waals surface area contributed by atoms with Crippen molar-refractivity contribution in [3.05, 3.63) is 21.6 Å². The highest BCUT2D eigenvalue weighted by Crippen LogP contribution is 2.28. The van der Waals surface area contributed by atoms with Crippen LogP contribution in [0.5, 0.6) is 0 Å². The normalized spacial score (nSPS) is 10.6. The SMILES string of the molecule is CCn1nc(C)c([N+](=O)[O-])c1NCc1nn[nH]n1. The lowest BCUT2D eigenvalue weighted by Crippen LogP contribution is -2.09. The molecule has 96 valence electrons. The molecule has 0 atom stereocenters. The Hall–Kier alpha value is -2.52. The van der Waals surface area contributed by atoms with Crippen molar-refractivity contribution < 1.29 is 4.92 Å². The summed E-state index contributed by atoms with van der Waals surface area (Å²) in [6, 6.07) is 0. The first-order valence-corrected chi connectivity index (χ1v) is 5.31. The van der Waals surface area contributed by atoms with Crippen LogP contribution in [0.25, 0.3) is 0 Å². The van der Waals surface area contributed by atoms with Crippen molar-refractivity contribution in [1.29, 1.82) is 0 Å². The number of rotatable bonds is 5. The number of hydrogen-bond donors (Lipinski definition) is 2. The van der Waals surface area contributed by atoms with E-state index in [0.29, 0.717) is 23.9 Å². The second-order valence-corrected chi connectivity index (χ2v) is 3.54. The third-order valence-electron chi connectivity index (χ3n) is 2.38. The summed E-state index contributed by atoms with van der Waals surface area (Å²) in [4.78, 5) is 10.5. The average Bonchev–Trinajstić information content (AvgIpc) is 2.92. The van der Waals surface area contributed by atoms with E-state index in [-0.39, 0.29) is 12.2 Å². The molecule has 0 aromatic carbocycles. The standard InChI is InChI=1S/C8H12N8O2/c1-3-15-8(7(16(17)18)5(2)12-15)9-4-6-10-13-14-11-6/h9H,3-4H2,1-2H3,(H,10,11,13,14). The molecule has 2 heterocycles. The van der Waals surface area contributed by atoms with Crippen molar-refractivity contribution >= 4 is 11.5 Å². The van der Waals surface area contributed by atoms with Gasteiger partial charge >= 0.3 is 5.69 Å². The van der Waals surface area contributed by atoms with E-state index >= 15 is 0 Å². The Morgan fingerprint density at radius 1 is 1.56 bits per heavy atom. The molecule has 10 heteroatoms. The van der Waals surface area contributed by atoms with Crippen LogP contribution in [0.2, 0.25) is 0 Å². The van der Waals surface area contributed by atoms with Gasteiger partial charge in [0.15, 0.2) is 5.82 Å². The van der Waals surface area contributed by atoms with Gasteiger partial charge in [-0.3, -0.25) is 10.1 Å². The van der Waals surface area contributed by atoms with E-state index in [1.54, 1.807) is 6.92 Å². The van der Waals surface area contributed by atoms with E-state index in [1.807, 2.05) is 6.92 Å². The molecule has 0 aliphatic heterocycles. The summed E-state index contributed by atoms with van der Waals surface area (Å²) in [5.74, 6) is 0.774. The lowest BCUT2D eigenvalue weighted by atomic mass is 10.4. The van der Waals surface area contributed by atoms with Crippen LogP contribution in [-0.2, 0) is 13.1 Å². The molecule has 0 unspecified atom stereocenters. The van der Waals surface area contributed by atoms with E-state index in [2.05, 4.69) is 31.0 Å². The molecule has 0 spiro atoms. The van der Waals surface area contributed by atoms with E-state index in [1.165, 1.54) is 4.68 Å². The van der Waals surface area contributed by atoms with Crippen molar-refractivity contribution in [2.75, 3.05) is 5.32 Å². The number of aromatic nitrogens is 6. The van der Waals surface area contributed by atoms with Crippen molar-refractivity contribution in [3.8, 4) is 0 Å². The van der Waals surface area contributed by atoms with Gasteiger partial charge in [-0.15, -0.1) is 10.2 Å². The number of aromatic amines is 1. The monoisotopic (exact) mass is 252 g/mol. The van der Waals surface area contributed by atoms with Gasteiger partial charge in [-0.2, -0.15) is 10.3 Å². The fourth-order valence-electron chi connectivity index (χ4n) is 1.61. The summed E-state index contributed by atoms with van der Waals surface area (Å²) in [6.45, 7) is 4.23. The zero-order valence-electron chi connectivity index (χ0n) is 9.91. The fraction of sp³-hybridized carbons (Fsp3) is 0.500. The van der Waals surface area contributed by atoms with Crippen LogP contribution in [0.15, 0.2) is 0 Å². The molecule has 0 saturated heterocycles. The van der Waals surface area contributed by atoms with Crippen LogP contribution < -0.4 is 5.32 Å². The van der Waals surface area contributed by atoms with Crippen LogP contribution in [-0.4, -0.2) is 35.3 Å². The third kappa shape index (κ3) is 2.12. The summed E-state index contributed by atoms with van der Waals surface area (Å²) in [7, 11) is 0. The van der Waals surface area contributed by atoms with Crippen molar-refractivity contribution in [2.24, 2.45) is 0 Å². The highest BCUT2D eigenvalue weighted by atomic mass is 16.6. The highest BCUT2D eigenvalue weighted by Gasteiger charge is 2.24. The number of nitro groups is 1. The molecule has 0 bridgehead atoms. The number of nitrogens with one attached hydrogen (secondary N) is 2. The van der Waals surface area contributed by atoms with Gasteiger partial charge in [0, 0.05) is 6.54 Å². The topological polar surface area (TPSA) is 127 Å². The second-order valence-electron chi connectivity index (χ2n) is 3.54. The maximum absolute atomic E-state index is 11.0. The van der Waals surface area contributed by atoms with Gasteiger partial charge in [-0.05, 0) is 13.8 Å². The van der Waals surface area contributed by atoms with Gasteiger partial charge in [-0.25, -0.2) is 4.68 Å². The van der Waals surface area contributed by atoms with Crippen molar-refractivity contribution in [2.45, 2.75) is 26.9 Å². The minimum atomic E-state index is -0.451. The number of tetrazole rings is 1. The lowest BCUT2D eigenvalue weighted by Gasteiger charge is -2.04. The predicted octanol–water partition coefficient (Wildman–Crippen LogP) is 0.245. The Balaban J connectivity index is 2.27. The minimum absolute atomic E-state index is 0.0275. The molecule has 0 amide bonds. The first-order chi connectivity index (χ1) is 8.63.